The van der Waals surface area contributed by atoms with Crippen LogP contribution in [0.1, 0.15) is 18.4 Å². The number of carbonyl (C=O) groups excluding carboxylic acids is 1. The van der Waals surface area contributed by atoms with Gasteiger partial charge >= 0.3 is 0 Å². The molecule has 0 fully saturated rings. The number of nitrogens with one attached hydrogen (secondary N) is 1. The van der Waals surface area contributed by atoms with Crippen LogP contribution in [0.15, 0.2) is 34.9 Å². The maximum Gasteiger partial charge on any atom is 0.224 e. The van der Waals surface area contributed by atoms with Gasteiger partial charge in [0.25, 0.3) is 0 Å². The van der Waals surface area contributed by atoms with E-state index in [2.05, 4.69) is 14.7 Å². The largest absolute Gasteiger partial charge is 0.326 e. The van der Waals surface area contributed by atoms with Crippen molar-refractivity contribution in [2.75, 3.05) is 11.1 Å². The molecule has 1 N–H and O–H groups in total. The molecule has 2 rings (SSSR count). The summed E-state index contributed by atoms with van der Waals surface area (Å²) in [5, 5.41) is 11.6. The lowest BCUT2D eigenvalue weighted by Crippen LogP contribution is -2.11. The summed E-state index contributed by atoms with van der Waals surface area (Å²) in [5.41, 5.74) is 1.19. The van der Waals surface area contributed by atoms with Crippen LogP contribution < -0.4 is 5.32 Å². The third-order valence-corrected chi connectivity index (χ3v) is 4.27. The highest BCUT2D eigenvalue weighted by Gasteiger charge is 2.04. The molecule has 0 aliphatic carbocycles. The number of anilines is 1. The molecule has 2 aromatic rings. The minimum Gasteiger partial charge on any atom is -0.326 e. The normalized spacial score (nSPS) is 9.95. The lowest BCUT2D eigenvalue weighted by molar-refractivity contribution is -0.116. The molecule has 0 bridgehead atoms. The second-order valence-electron chi connectivity index (χ2n) is 3.90. The van der Waals surface area contributed by atoms with Crippen LogP contribution in [0.25, 0.3) is 0 Å². The highest BCUT2D eigenvalue weighted by molar-refractivity contribution is 8.00. The van der Waals surface area contributed by atoms with Gasteiger partial charge in [0.1, 0.15) is 6.33 Å². The Labute approximate surface area is 125 Å². The van der Waals surface area contributed by atoms with E-state index < -0.39 is 0 Å². The van der Waals surface area contributed by atoms with Crippen LogP contribution in [0.2, 0.25) is 0 Å². The van der Waals surface area contributed by atoms with Gasteiger partial charge in [0, 0.05) is 17.9 Å². The van der Waals surface area contributed by atoms with Crippen molar-refractivity contribution in [3.8, 4) is 6.07 Å². The molecule has 1 heterocycles. The van der Waals surface area contributed by atoms with E-state index >= 15 is 0 Å². The van der Waals surface area contributed by atoms with Gasteiger partial charge in [-0.1, -0.05) is 17.8 Å². The number of hydrogen-bond donors (Lipinski definition) is 1. The van der Waals surface area contributed by atoms with Crippen molar-refractivity contribution < 1.29 is 4.79 Å². The van der Waals surface area contributed by atoms with Gasteiger partial charge in [-0.15, -0.1) is 0 Å². The first-order valence-electron chi connectivity index (χ1n) is 5.97. The van der Waals surface area contributed by atoms with E-state index in [4.69, 9.17) is 5.26 Å². The van der Waals surface area contributed by atoms with Crippen molar-refractivity contribution in [1.29, 1.82) is 5.26 Å². The monoisotopic (exact) mass is 304 g/mol. The van der Waals surface area contributed by atoms with Crippen molar-refractivity contribution in [2.24, 2.45) is 0 Å². The first-order valence-corrected chi connectivity index (χ1v) is 7.73. The Morgan fingerprint density at radius 2 is 2.40 bits per heavy atom. The van der Waals surface area contributed by atoms with Gasteiger partial charge < -0.3 is 5.32 Å². The first kappa shape index (κ1) is 14.5. The number of carbonyl (C=O) groups is 1. The Kier molecular flexibility index (Phi) is 5.53. The van der Waals surface area contributed by atoms with E-state index in [0.29, 0.717) is 17.7 Å². The lowest BCUT2D eigenvalue weighted by atomic mass is 10.2. The van der Waals surface area contributed by atoms with Crippen LogP contribution in [-0.4, -0.2) is 21.0 Å². The summed E-state index contributed by atoms with van der Waals surface area (Å²) in [5.74, 6) is 0.791. The molecule has 7 heteroatoms. The van der Waals surface area contributed by atoms with Crippen LogP contribution in [0.3, 0.4) is 0 Å². The Bertz CT molecular complexity index is 607. The predicted octanol–water partition coefficient (Wildman–Crippen LogP) is 2.92. The molecule has 1 aromatic carbocycles. The van der Waals surface area contributed by atoms with E-state index in [1.807, 2.05) is 6.07 Å². The van der Waals surface area contributed by atoms with Gasteiger partial charge in [-0.2, -0.15) is 9.64 Å². The number of aromatic nitrogens is 2. The van der Waals surface area contributed by atoms with Crippen LogP contribution in [0.5, 0.6) is 0 Å². The smallest absolute Gasteiger partial charge is 0.224 e. The summed E-state index contributed by atoms with van der Waals surface area (Å²) >= 11 is 2.96. The molecule has 0 unspecified atom stereocenters. The second kappa shape index (κ2) is 7.62. The van der Waals surface area contributed by atoms with E-state index in [1.165, 1.54) is 17.9 Å². The summed E-state index contributed by atoms with van der Waals surface area (Å²) in [7, 11) is 0. The van der Waals surface area contributed by atoms with Crippen molar-refractivity contribution in [2.45, 2.75) is 17.2 Å². The van der Waals surface area contributed by atoms with Crippen LogP contribution >= 0.6 is 23.3 Å². The van der Waals surface area contributed by atoms with E-state index in [-0.39, 0.29) is 5.91 Å². The van der Waals surface area contributed by atoms with E-state index in [1.54, 1.807) is 36.0 Å². The molecule has 1 amide bonds. The van der Waals surface area contributed by atoms with Crippen LogP contribution in [0, 0.1) is 11.3 Å². The third-order valence-electron chi connectivity index (χ3n) is 2.39. The summed E-state index contributed by atoms with van der Waals surface area (Å²) in [6, 6.07) is 8.93. The van der Waals surface area contributed by atoms with E-state index in [9.17, 15) is 4.79 Å². The number of nitrogens with zero attached hydrogens (tertiary/aromatic N) is 3. The molecule has 0 saturated heterocycles. The SMILES string of the molecule is N#Cc1cccc(NC(=O)CCCSc2ncns2)c1. The number of amides is 1. The minimum absolute atomic E-state index is 0.0436. The zero-order chi connectivity index (χ0) is 14.2. The quantitative estimate of drug-likeness (QED) is 0.655. The maximum absolute atomic E-state index is 11.7. The minimum atomic E-state index is -0.0436. The maximum atomic E-state index is 11.7. The van der Waals surface area contributed by atoms with Gasteiger partial charge in [-0.25, -0.2) is 4.98 Å². The molecular formula is C13H12N4OS2. The number of thioether (sulfide) groups is 1. The molecule has 5 nitrogen and oxygen atoms in total. The molecule has 20 heavy (non-hydrogen) atoms. The molecule has 0 spiro atoms. The zero-order valence-electron chi connectivity index (χ0n) is 10.6. The summed E-state index contributed by atoms with van der Waals surface area (Å²) in [6.07, 6.45) is 2.75. The average molecular weight is 304 g/mol. The van der Waals surface area contributed by atoms with Crippen molar-refractivity contribution in [3.63, 3.8) is 0 Å². The molecule has 0 aliphatic rings. The standard InChI is InChI=1S/C13H12N4OS2/c14-8-10-3-1-4-11(7-10)17-12(18)5-2-6-19-13-15-9-16-20-13/h1,3-4,7,9H,2,5-6H2,(H,17,18). The molecule has 102 valence electrons. The Morgan fingerprint density at radius 3 is 3.15 bits per heavy atom. The van der Waals surface area contributed by atoms with Crippen molar-refractivity contribution >= 4 is 34.9 Å². The second-order valence-corrected chi connectivity index (χ2v) is 6.02. The average Bonchev–Trinajstić information content (AvgIpc) is 2.97. The highest BCUT2D eigenvalue weighted by atomic mass is 32.2. The fourth-order valence-electron chi connectivity index (χ4n) is 1.51. The van der Waals surface area contributed by atoms with Gasteiger partial charge in [0.2, 0.25) is 5.91 Å². The first-order chi connectivity index (χ1) is 9.78. The fourth-order valence-corrected chi connectivity index (χ4v) is 2.96. The Hall–Kier alpha value is -1.91. The Morgan fingerprint density at radius 1 is 1.50 bits per heavy atom. The number of hydrogen-bond acceptors (Lipinski definition) is 6. The van der Waals surface area contributed by atoms with E-state index in [0.717, 1.165) is 16.5 Å². The fraction of sp³-hybridized carbons (Fsp3) is 0.231. The third kappa shape index (κ3) is 4.64. The number of rotatable bonds is 6. The van der Waals surface area contributed by atoms with Gasteiger partial charge in [-0.3, -0.25) is 4.79 Å². The lowest BCUT2D eigenvalue weighted by Gasteiger charge is -2.04. The van der Waals surface area contributed by atoms with Crippen molar-refractivity contribution in [3.05, 3.63) is 36.2 Å². The highest BCUT2D eigenvalue weighted by Crippen LogP contribution is 2.19. The van der Waals surface area contributed by atoms with Crippen LogP contribution in [-0.2, 0) is 4.79 Å². The number of nitriles is 1. The topological polar surface area (TPSA) is 78.7 Å². The summed E-state index contributed by atoms with van der Waals surface area (Å²) in [4.78, 5) is 15.8. The number of benzene rings is 1. The van der Waals surface area contributed by atoms with Gasteiger partial charge in [-0.05, 0) is 36.2 Å². The summed E-state index contributed by atoms with van der Waals surface area (Å²) in [6.45, 7) is 0. The molecule has 0 atom stereocenters. The molecule has 0 aliphatic heterocycles. The molecule has 0 saturated carbocycles. The molecule has 1 aromatic heterocycles. The predicted molar refractivity (Wildman–Crippen MR) is 79.7 cm³/mol. The van der Waals surface area contributed by atoms with Crippen LogP contribution in [0.4, 0.5) is 5.69 Å². The van der Waals surface area contributed by atoms with Gasteiger partial charge in [0.15, 0.2) is 4.34 Å². The summed E-state index contributed by atoms with van der Waals surface area (Å²) < 4.78 is 4.84. The molecule has 0 radical (unpaired) electrons. The molecular weight excluding hydrogens is 292 g/mol. The van der Waals surface area contributed by atoms with Crippen molar-refractivity contribution in [1.82, 2.24) is 9.36 Å². The van der Waals surface area contributed by atoms with Gasteiger partial charge in [0.05, 0.1) is 11.6 Å². The zero-order valence-corrected chi connectivity index (χ0v) is 12.2. The Balaban J connectivity index is 1.71.